The Morgan fingerprint density at radius 3 is 3.05 bits per heavy atom. The molecule has 0 aliphatic heterocycles. The van der Waals surface area contributed by atoms with Crippen LogP contribution in [0.1, 0.15) is 21.6 Å². The van der Waals surface area contributed by atoms with Gasteiger partial charge in [-0.2, -0.15) is 15.4 Å². The average molecular weight is 256 g/mol. The average Bonchev–Trinajstić information content (AvgIpc) is 2.93. The SMILES string of the molecule is Cc1ccc(NC(=O)c2cn[nH]n2)cc1C#CCO. The highest BCUT2D eigenvalue weighted by atomic mass is 16.2. The molecular weight excluding hydrogens is 244 g/mol. The van der Waals surface area contributed by atoms with Gasteiger partial charge in [-0.15, -0.1) is 0 Å². The number of aromatic nitrogens is 3. The number of aromatic amines is 1. The molecule has 0 radical (unpaired) electrons. The van der Waals surface area contributed by atoms with Gasteiger partial charge in [-0.1, -0.05) is 17.9 Å². The molecule has 0 bridgehead atoms. The van der Waals surface area contributed by atoms with Gasteiger partial charge in [-0.3, -0.25) is 4.79 Å². The second-order valence-electron chi connectivity index (χ2n) is 3.80. The molecule has 0 atom stereocenters. The van der Waals surface area contributed by atoms with Crippen LogP contribution in [0.4, 0.5) is 5.69 Å². The fraction of sp³-hybridized carbons (Fsp3) is 0.154. The Hall–Kier alpha value is -2.65. The van der Waals surface area contributed by atoms with Crippen LogP contribution in [0.3, 0.4) is 0 Å². The van der Waals surface area contributed by atoms with E-state index in [1.807, 2.05) is 13.0 Å². The Balaban J connectivity index is 2.19. The van der Waals surface area contributed by atoms with Crippen molar-refractivity contribution in [2.45, 2.75) is 6.92 Å². The maximum atomic E-state index is 11.8. The van der Waals surface area contributed by atoms with Crippen molar-refractivity contribution in [2.75, 3.05) is 11.9 Å². The third-order valence-corrected chi connectivity index (χ3v) is 2.45. The quantitative estimate of drug-likeness (QED) is 0.690. The maximum Gasteiger partial charge on any atom is 0.277 e. The Labute approximate surface area is 109 Å². The highest BCUT2D eigenvalue weighted by Gasteiger charge is 2.09. The molecule has 6 nitrogen and oxygen atoms in total. The summed E-state index contributed by atoms with van der Waals surface area (Å²) in [6, 6.07) is 5.37. The number of benzene rings is 1. The number of aliphatic hydroxyl groups excluding tert-OH is 1. The molecule has 3 N–H and O–H groups in total. The minimum absolute atomic E-state index is 0.199. The van der Waals surface area contributed by atoms with Gasteiger partial charge in [0.1, 0.15) is 6.61 Å². The molecule has 2 aromatic rings. The van der Waals surface area contributed by atoms with Gasteiger partial charge < -0.3 is 10.4 Å². The molecule has 6 heteroatoms. The van der Waals surface area contributed by atoms with Crippen LogP contribution in [0.25, 0.3) is 0 Å². The molecule has 1 aromatic carbocycles. The lowest BCUT2D eigenvalue weighted by Gasteiger charge is -2.05. The molecule has 1 amide bonds. The zero-order valence-corrected chi connectivity index (χ0v) is 10.3. The van der Waals surface area contributed by atoms with Crippen molar-refractivity contribution in [3.05, 3.63) is 41.2 Å². The standard InChI is InChI=1S/C13H12N4O2/c1-9-4-5-11(7-10(9)3-2-6-18)15-13(19)12-8-14-17-16-12/h4-5,7-8,18H,6H2,1H3,(H,15,19)(H,14,16,17). The normalized spacial score (nSPS) is 9.58. The first kappa shape index (κ1) is 12.8. The second kappa shape index (κ2) is 5.80. The largest absolute Gasteiger partial charge is 0.384 e. The minimum Gasteiger partial charge on any atom is -0.384 e. The van der Waals surface area contributed by atoms with E-state index in [1.54, 1.807) is 12.1 Å². The first-order valence-corrected chi connectivity index (χ1v) is 5.58. The van der Waals surface area contributed by atoms with E-state index in [1.165, 1.54) is 6.20 Å². The lowest BCUT2D eigenvalue weighted by Crippen LogP contribution is -2.12. The Bertz CT molecular complexity index is 638. The van der Waals surface area contributed by atoms with Crippen molar-refractivity contribution in [1.29, 1.82) is 0 Å². The van der Waals surface area contributed by atoms with E-state index in [0.29, 0.717) is 5.69 Å². The summed E-state index contributed by atoms with van der Waals surface area (Å²) in [4.78, 5) is 11.8. The van der Waals surface area contributed by atoms with Gasteiger partial charge in [-0.05, 0) is 24.6 Å². The lowest BCUT2D eigenvalue weighted by atomic mass is 10.1. The summed E-state index contributed by atoms with van der Waals surface area (Å²) in [5.41, 5.74) is 2.55. The number of hydrogen-bond donors (Lipinski definition) is 3. The lowest BCUT2D eigenvalue weighted by molar-refractivity contribution is 0.102. The summed E-state index contributed by atoms with van der Waals surface area (Å²) in [5, 5.41) is 21.0. The van der Waals surface area contributed by atoms with Crippen molar-refractivity contribution in [3.63, 3.8) is 0 Å². The first-order chi connectivity index (χ1) is 9.20. The van der Waals surface area contributed by atoms with Crippen molar-refractivity contribution < 1.29 is 9.90 Å². The van der Waals surface area contributed by atoms with Crippen LogP contribution in [0, 0.1) is 18.8 Å². The Morgan fingerprint density at radius 1 is 1.53 bits per heavy atom. The van der Waals surface area contributed by atoms with E-state index < -0.39 is 0 Å². The van der Waals surface area contributed by atoms with Crippen molar-refractivity contribution in [2.24, 2.45) is 0 Å². The number of aliphatic hydroxyl groups is 1. The number of carbonyl (C=O) groups excluding carboxylic acids is 1. The smallest absolute Gasteiger partial charge is 0.277 e. The van der Waals surface area contributed by atoms with Gasteiger partial charge in [-0.25, -0.2) is 0 Å². The number of rotatable bonds is 2. The molecule has 1 heterocycles. The second-order valence-corrected chi connectivity index (χ2v) is 3.80. The monoisotopic (exact) mass is 256 g/mol. The van der Waals surface area contributed by atoms with Crippen LogP contribution >= 0.6 is 0 Å². The molecule has 0 unspecified atom stereocenters. The summed E-state index contributed by atoms with van der Waals surface area (Å²) in [7, 11) is 0. The molecule has 0 fully saturated rings. The topological polar surface area (TPSA) is 90.9 Å². The van der Waals surface area contributed by atoms with Gasteiger partial charge in [0.15, 0.2) is 5.69 Å². The van der Waals surface area contributed by atoms with Crippen LogP contribution in [0.2, 0.25) is 0 Å². The summed E-state index contributed by atoms with van der Waals surface area (Å²) < 4.78 is 0. The van der Waals surface area contributed by atoms with Crippen molar-refractivity contribution >= 4 is 11.6 Å². The highest BCUT2D eigenvalue weighted by Crippen LogP contribution is 2.15. The third kappa shape index (κ3) is 3.18. The molecule has 0 spiro atoms. The van der Waals surface area contributed by atoms with Gasteiger partial charge in [0.2, 0.25) is 0 Å². The number of aryl methyl sites for hydroxylation is 1. The minimum atomic E-state index is -0.348. The fourth-order valence-corrected chi connectivity index (χ4v) is 1.48. The molecule has 19 heavy (non-hydrogen) atoms. The number of carbonyl (C=O) groups is 1. The molecular formula is C13H12N4O2. The predicted octanol–water partition coefficient (Wildman–Crippen LogP) is 0.709. The van der Waals surface area contributed by atoms with E-state index in [2.05, 4.69) is 32.6 Å². The summed E-state index contributed by atoms with van der Waals surface area (Å²) >= 11 is 0. The van der Waals surface area contributed by atoms with Crippen molar-refractivity contribution in [3.8, 4) is 11.8 Å². The summed E-state index contributed by atoms with van der Waals surface area (Å²) in [5.74, 6) is 5.06. The van der Waals surface area contributed by atoms with E-state index in [9.17, 15) is 4.79 Å². The molecule has 0 saturated carbocycles. The Morgan fingerprint density at radius 2 is 2.37 bits per heavy atom. The van der Waals surface area contributed by atoms with Crippen molar-refractivity contribution in [1.82, 2.24) is 15.4 Å². The van der Waals surface area contributed by atoms with Crippen LogP contribution < -0.4 is 5.32 Å². The number of hydrogen-bond acceptors (Lipinski definition) is 4. The number of amides is 1. The van der Waals surface area contributed by atoms with E-state index in [4.69, 9.17) is 5.11 Å². The predicted molar refractivity (Wildman–Crippen MR) is 69.5 cm³/mol. The summed E-state index contributed by atoms with van der Waals surface area (Å²) in [6.45, 7) is 1.71. The van der Waals surface area contributed by atoms with Crippen LogP contribution in [0.5, 0.6) is 0 Å². The number of nitrogens with zero attached hydrogens (tertiary/aromatic N) is 2. The molecule has 96 valence electrons. The van der Waals surface area contributed by atoms with Crippen LogP contribution in [-0.4, -0.2) is 33.0 Å². The number of H-pyrrole nitrogens is 1. The molecule has 0 aliphatic carbocycles. The number of anilines is 1. The van der Waals surface area contributed by atoms with E-state index >= 15 is 0 Å². The zero-order chi connectivity index (χ0) is 13.7. The summed E-state index contributed by atoms with van der Waals surface area (Å²) in [6.07, 6.45) is 1.34. The van der Waals surface area contributed by atoms with E-state index in [0.717, 1.165) is 11.1 Å². The highest BCUT2D eigenvalue weighted by molar-refractivity contribution is 6.02. The third-order valence-electron chi connectivity index (χ3n) is 2.45. The first-order valence-electron chi connectivity index (χ1n) is 5.58. The maximum absolute atomic E-state index is 11.8. The molecule has 0 aliphatic rings. The molecule has 0 saturated heterocycles. The van der Waals surface area contributed by atoms with Gasteiger partial charge in [0.25, 0.3) is 5.91 Å². The van der Waals surface area contributed by atoms with E-state index in [-0.39, 0.29) is 18.2 Å². The van der Waals surface area contributed by atoms with Gasteiger partial charge >= 0.3 is 0 Å². The van der Waals surface area contributed by atoms with Crippen LogP contribution in [0.15, 0.2) is 24.4 Å². The molecule has 1 aromatic heterocycles. The zero-order valence-electron chi connectivity index (χ0n) is 10.3. The Kier molecular flexibility index (Phi) is 3.90. The fourth-order valence-electron chi connectivity index (χ4n) is 1.48. The van der Waals surface area contributed by atoms with Crippen LogP contribution in [-0.2, 0) is 0 Å². The van der Waals surface area contributed by atoms with Gasteiger partial charge in [0, 0.05) is 11.3 Å². The van der Waals surface area contributed by atoms with Gasteiger partial charge in [0.05, 0.1) is 6.20 Å². The number of nitrogens with one attached hydrogen (secondary N) is 2. The molecule has 2 rings (SSSR count).